The molecule has 76 valence electrons. The summed E-state index contributed by atoms with van der Waals surface area (Å²) in [7, 11) is 0. The highest BCUT2D eigenvalue weighted by molar-refractivity contribution is 5.29. The maximum absolute atomic E-state index is 3.78. The van der Waals surface area contributed by atoms with E-state index < -0.39 is 0 Å². The minimum Gasteiger partial charge on any atom is -0.0988 e. The van der Waals surface area contributed by atoms with E-state index in [0.29, 0.717) is 0 Å². The van der Waals surface area contributed by atoms with Gasteiger partial charge in [0, 0.05) is 0 Å². The van der Waals surface area contributed by atoms with Crippen LogP contribution in [0.1, 0.15) is 47.0 Å². The Bertz CT molecular complexity index is 161. The monoisotopic (exact) mass is 180 g/mol. The van der Waals surface area contributed by atoms with Crippen LogP contribution < -0.4 is 0 Å². The molecule has 0 spiro atoms. The number of hydrogen-bond donors (Lipinski definition) is 0. The number of hydrogen-bond acceptors (Lipinski definition) is 0. The topological polar surface area (TPSA) is 0 Å². The Balaban J connectivity index is 0. The first kappa shape index (κ1) is 14.7. The number of rotatable bonds is 5. The molecule has 0 rings (SSSR count). The molecule has 0 aliphatic heterocycles. The van der Waals surface area contributed by atoms with Crippen molar-refractivity contribution in [3.05, 3.63) is 36.5 Å². The third-order valence-electron chi connectivity index (χ3n) is 1.86. The summed E-state index contributed by atoms with van der Waals surface area (Å²) in [4.78, 5) is 0. The summed E-state index contributed by atoms with van der Waals surface area (Å²) in [5.41, 5.74) is 2.59. The van der Waals surface area contributed by atoms with Crippen molar-refractivity contribution in [1.82, 2.24) is 0 Å². The van der Waals surface area contributed by atoms with Crippen LogP contribution in [0, 0.1) is 0 Å². The second-order valence-corrected chi connectivity index (χ2v) is 2.72. The van der Waals surface area contributed by atoms with Crippen LogP contribution in [0.15, 0.2) is 36.5 Å². The first-order valence-electron chi connectivity index (χ1n) is 5.20. The third-order valence-corrected chi connectivity index (χ3v) is 1.86. The lowest BCUT2D eigenvalue weighted by molar-refractivity contribution is 0.794. The Morgan fingerprint density at radius 1 is 1.15 bits per heavy atom. The lowest BCUT2D eigenvalue weighted by Crippen LogP contribution is -1.82. The maximum atomic E-state index is 3.78. The van der Waals surface area contributed by atoms with Crippen LogP contribution in [0.5, 0.6) is 0 Å². The molecule has 0 heteroatoms. The summed E-state index contributed by atoms with van der Waals surface area (Å²) in [6, 6.07) is 0. The fourth-order valence-electron chi connectivity index (χ4n) is 0.959. The average Bonchev–Trinajstić information content (AvgIpc) is 2.21. The van der Waals surface area contributed by atoms with E-state index in [1.54, 1.807) is 0 Å². The second-order valence-electron chi connectivity index (χ2n) is 2.72. The van der Waals surface area contributed by atoms with Crippen molar-refractivity contribution in [3.8, 4) is 0 Å². The molecule has 0 fully saturated rings. The summed E-state index contributed by atoms with van der Waals surface area (Å²) in [6.07, 6.45) is 7.45. The van der Waals surface area contributed by atoms with Crippen LogP contribution in [0.3, 0.4) is 0 Å². The number of allylic oxidation sites excluding steroid dienone is 4. The van der Waals surface area contributed by atoms with Gasteiger partial charge in [-0.05, 0) is 30.9 Å². The molecule has 0 radical (unpaired) electrons. The zero-order valence-corrected chi connectivity index (χ0v) is 9.69. The van der Waals surface area contributed by atoms with Crippen LogP contribution >= 0.6 is 0 Å². The molecule has 0 atom stereocenters. The van der Waals surface area contributed by atoms with E-state index in [1.165, 1.54) is 24.0 Å². The Labute approximate surface area is 84.1 Å². The van der Waals surface area contributed by atoms with Gasteiger partial charge in [0.25, 0.3) is 0 Å². The van der Waals surface area contributed by atoms with Gasteiger partial charge < -0.3 is 0 Å². The van der Waals surface area contributed by atoms with Crippen LogP contribution in [0.4, 0.5) is 0 Å². The third kappa shape index (κ3) is 7.58. The van der Waals surface area contributed by atoms with E-state index >= 15 is 0 Å². The van der Waals surface area contributed by atoms with Gasteiger partial charge in [-0.1, -0.05) is 52.5 Å². The minimum atomic E-state index is 1.14. The molecule has 0 aromatic rings. The molecule has 0 unspecified atom stereocenters. The SMILES string of the molecule is C=C/C(C)=C(\C=C)CCCC.CC. The standard InChI is InChI=1S/C11H18.C2H6/c1-5-8-9-11(7-3)10(4)6-2;1-2/h6-7H,2-3,5,8-9H2,1,4H3;1-2H3/b11-10+;. The quantitative estimate of drug-likeness (QED) is 0.528. The van der Waals surface area contributed by atoms with Crippen LogP contribution in [0.25, 0.3) is 0 Å². The smallest absolute Gasteiger partial charge is 0.0277 e. The largest absolute Gasteiger partial charge is 0.0988 e. The van der Waals surface area contributed by atoms with Crippen molar-refractivity contribution in [2.24, 2.45) is 0 Å². The van der Waals surface area contributed by atoms with E-state index in [1.807, 2.05) is 26.0 Å². The zero-order chi connectivity index (χ0) is 10.7. The lowest BCUT2D eigenvalue weighted by Gasteiger charge is -2.02. The van der Waals surface area contributed by atoms with Crippen molar-refractivity contribution in [2.45, 2.75) is 47.0 Å². The van der Waals surface area contributed by atoms with Crippen LogP contribution in [-0.4, -0.2) is 0 Å². The first-order valence-corrected chi connectivity index (χ1v) is 5.20. The molecular formula is C13H24. The predicted molar refractivity (Wildman–Crippen MR) is 64.0 cm³/mol. The molecule has 0 aromatic heterocycles. The van der Waals surface area contributed by atoms with Crippen LogP contribution in [-0.2, 0) is 0 Å². The van der Waals surface area contributed by atoms with Crippen molar-refractivity contribution in [2.75, 3.05) is 0 Å². The molecule has 0 N–H and O–H groups in total. The molecule has 0 nitrogen and oxygen atoms in total. The van der Waals surface area contributed by atoms with Gasteiger partial charge in [-0.3, -0.25) is 0 Å². The van der Waals surface area contributed by atoms with E-state index in [2.05, 4.69) is 27.0 Å². The molecule has 0 aliphatic rings. The van der Waals surface area contributed by atoms with Crippen molar-refractivity contribution in [1.29, 1.82) is 0 Å². The molecule has 13 heavy (non-hydrogen) atoms. The summed E-state index contributed by atoms with van der Waals surface area (Å²) < 4.78 is 0. The van der Waals surface area contributed by atoms with Gasteiger partial charge in [-0.15, -0.1) is 0 Å². The average molecular weight is 180 g/mol. The first-order chi connectivity index (χ1) is 6.26. The van der Waals surface area contributed by atoms with Crippen molar-refractivity contribution >= 4 is 0 Å². The van der Waals surface area contributed by atoms with Gasteiger partial charge in [-0.2, -0.15) is 0 Å². The highest BCUT2D eigenvalue weighted by atomic mass is 14.0. The Kier molecular flexibility index (Phi) is 12.7. The minimum absolute atomic E-state index is 1.14. The van der Waals surface area contributed by atoms with Gasteiger partial charge >= 0.3 is 0 Å². The highest BCUT2D eigenvalue weighted by Gasteiger charge is 1.93. The highest BCUT2D eigenvalue weighted by Crippen LogP contribution is 2.13. The molecular weight excluding hydrogens is 156 g/mol. The van der Waals surface area contributed by atoms with E-state index in [9.17, 15) is 0 Å². The maximum Gasteiger partial charge on any atom is -0.0277 e. The fraction of sp³-hybridized carbons (Fsp3) is 0.538. The predicted octanol–water partition coefficient (Wildman–Crippen LogP) is 4.89. The Hall–Kier alpha value is -0.780. The zero-order valence-electron chi connectivity index (χ0n) is 9.69. The number of unbranched alkanes of at least 4 members (excludes halogenated alkanes) is 1. The molecule has 0 amide bonds. The molecule has 0 saturated heterocycles. The summed E-state index contributed by atoms with van der Waals surface area (Å²) in [6.45, 7) is 15.8. The molecule has 0 bridgehead atoms. The fourth-order valence-corrected chi connectivity index (χ4v) is 0.959. The van der Waals surface area contributed by atoms with Gasteiger partial charge in [0.2, 0.25) is 0 Å². The van der Waals surface area contributed by atoms with Crippen molar-refractivity contribution in [3.63, 3.8) is 0 Å². The molecule has 0 saturated carbocycles. The molecule has 0 heterocycles. The second kappa shape index (κ2) is 11.2. The Morgan fingerprint density at radius 2 is 1.69 bits per heavy atom. The van der Waals surface area contributed by atoms with Crippen LogP contribution in [0.2, 0.25) is 0 Å². The van der Waals surface area contributed by atoms with Gasteiger partial charge in [-0.25, -0.2) is 0 Å². The van der Waals surface area contributed by atoms with Gasteiger partial charge in [0.1, 0.15) is 0 Å². The summed E-state index contributed by atoms with van der Waals surface area (Å²) >= 11 is 0. The summed E-state index contributed by atoms with van der Waals surface area (Å²) in [5.74, 6) is 0. The molecule has 0 aliphatic carbocycles. The normalized spacial score (nSPS) is 10.8. The van der Waals surface area contributed by atoms with Gasteiger partial charge in [0.15, 0.2) is 0 Å². The van der Waals surface area contributed by atoms with E-state index in [0.717, 1.165) is 6.42 Å². The van der Waals surface area contributed by atoms with Crippen molar-refractivity contribution < 1.29 is 0 Å². The lowest BCUT2D eigenvalue weighted by atomic mass is 10.0. The van der Waals surface area contributed by atoms with E-state index in [-0.39, 0.29) is 0 Å². The Morgan fingerprint density at radius 3 is 2.00 bits per heavy atom. The van der Waals surface area contributed by atoms with Gasteiger partial charge in [0.05, 0.1) is 0 Å². The van der Waals surface area contributed by atoms with E-state index in [4.69, 9.17) is 0 Å². The molecule has 0 aromatic carbocycles. The summed E-state index contributed by atoms with van der Waals surface area (Å²) in [5, 5.41) is 0.